The van der Waals surface area contributed by atoms with Crippen LogP contribution in [-0.4, -0.2) is 22.8 Å². The minimum Gasteiger partial charge on any atom is -0.330 e. The van der Waals surface area contributed by atoms with Gasteiger partial charge in [0.15, 0.2) is 0 Å². The molecule has 0 aromatic carbocycles. The monoisotopic (exact) mass is 261 g/mol. The van der Waals surface area contributed by atoms with E-state index in [0.29, 0.717) is 22.8 Å². The van der Waals surface area contributed by atoms with Gasteiger partial charge in [0, 0.05) is 12.8 Å². The van der Waals surface area contributed by atoms with Gasteiger partial charge in [0.2, 0.25) is 0 Å². The van der Waals surface area contributed by atoms with Crippen molar-refractivity contribution in [2.75, 3.05) is 0 Å². The van der Waals surface area contributed by atoms with E-state index in [4.69, 9.17) is 4.84 Å². The Labute approximate surface area is 110 Å². The average molecular weight is 261 g/mol. The van der Waals surface area contributed by atoms with Crippen LogP contribution < -0.4 is 0 Å². The topological polar surface area (TPSA) is 63.7 Å². The molecule has 0 bridgehead atoms. The van der Waals surface area contributed by atoms with Gasteiger partial charge in [-0.1, -0.05) is 0 Å². The van der Waals surface area contributed by atoms with Crippen molar-refractivity contribution in [3.05, 3.63) is 0 Å². The van der Waals surface area contributed by atoms with E-state index in [0.717, 1.165) is 12.8 Å². The molecule has 0 radical (unpaired) electrons. The number of imide groups is 1. The highest BCUT2D eigenvalue weighted by Crippen LogP contribution is 2.93. The average Bonchev–Trinajstić information content (AvgIpc) is 2.57. The molecule has 2 atom stereocenters. The summed E-state index contributed by atoms with van der Waals surface area (Å²) in [7, 11) is 0. The summed E-state index contributed by atoms with van der Waals surface area (Å²) in [6.45, 7) is 0. The first kappa shape index (κ1) is 10.4. The van der Waals surface area contributed by atoms with Crippen molar-refractivity contribution in [3.63, 3.8) is 0 Å². The molecule has 2 unspecified atom stereocenters. The van der Waals surface area contributed by atoms with E-state index in [2.05, 4.69) is 0 Å². The number of carbonyl (C=O) groups excluding carboxylic acids is 3. The van der Waals surface area contributed by atoms with Crippen LogP contribution in [-0.2, 0) is 19.2 Å². The molecular weight excluding hydrogens is 246 g/mol. The van der Waals surface area contributed by atoms with Crippen LogP contribution in [0, 0.1) is 28.6 Å². The van der Waals surface area contributed by atoms with E-state index in [-0.39, 0.29) is 41.5 Å². The first-order valence-corrected chi connectivity index (χ1v) is 7.18. The molecule has 2 amide bonds. The van der Waals surface area contributed by atoms with Crippen LogP contribution >= 0.6 is 0 Å². The van der Waals surface area contributed by atoms with E-state index in [1.807, 2.05) is 0 Å². The van der Waals surface area contributed by atoms with Crippen LogP contribution in [0.4, 0.5) is 0 Å². The van der Waals surface area contributed by atoms with Gasteiger partial charge in [-0.2, -0.15) is 0 Å². The van der Waals surface area contributed by atoms with Crippen molar-refractivity contribution in [1.29, 1.82) is 0 Å². The van der Waals surface area contributed by atoms with Gasteiger partial charge in [0.05, 0.1) is 5.41 Å². The lowest BCUT2D eigenvalue weighted by atomic mass is 9.13. The second kappa shape index (κ2) is 2.72. The number of rotatable bonds is 2. The molecular formula is C14H15NO4. The van der Waals surface area contributed by atoms with Gasteiger partial charge in [-0.25, -0.2) is 4.79 Å². The van der Waals surface area contributed by atoms with Gasteiger partial charge < -0.3 is 4.84 Å². The Bertz CT molecular complexity index is 512. The normalized spacial score (nSPS) is 52.2. The molecule has 4 saturated carbocycles. The lowest BCUT2D eigenvalue weighted by molar-refractivity contribution is -0.421. The van der Waals surface area contributed by atoms with Crippen molar-refractivity contribution in [2.24, 2.45) is 28.6 Å². The number of hydroxylamine groups is 2. The fourth-order valence-electron chi connectivity index (χ4n) is 6.11. The fraction of sp³-hybridized carbons (Fsp3) is 0.786. The van der Waals surface area contributed by atoms with Crippen LogP contribution in [0.2, 0.25) is 0 Å². The molecule has 0 aromatic heterocycles. The summed E-state index contributed by atoms with van der Waals surface area (Å²) in [6.07, 6.45) is 4.70. The second-order valence-corrected chi connectivity index (χ2v) is 6.95. The zero-order valence-corrected chi connectivity index (χ0v) is 10.6. The number of amides is 2. The SMILES string of the molecule is O=C1CCC(=O)N1OC(=O)C12CC3CC4CC(C1)C432. The van der Waals surface area contributed by atoms with Gasteiger partial charge in [0.25, 0.3) is 11.8 Å². The van der Waals surface area contributed by atoms with Gasteiger partial charge >= 0.3 is 5.97 Å². The first-order chi connectivity index (χ1) is 9.09. The van der Waals surface area contributed by atoms with Gasteiger partial charge in [-0.05, 0) is 48.9 Å². The standard InChI is InChI=1S/C14H15NO4/c16-10-1-2-11(17)15(10)19-12(18)13-5-8-3-7-4-9(6-13)14(7,8)13/h7-9H,1-6H2. The Kier molecular flexibility index (Phi) is 1.49. The van der Waals surface area contributed by atoms with Crippen LogP contribution in [0.5, 0.6) is 0 Å². The molecule has 4 aliphatic carbocycles. The molecule has 0 aromatic rings. The summed E-state index contributed by atoms with van der Waals surface area (Å²) in [5.41, 5.74) is -0.109. The fourth-order valence-corrected chi connectivity index (χ4v) is 6.11. The molecule has 5 aliphatic rings. The number of nitrogens with zero attached hydrogens (tertiary/aromatic N) is 1. The maximum absolute atomic E-state index is 12.4. The quantitative estimate of drug-likeness (QED) is 0.696. The van der Waals surface area contributed by atoms with E-state index in [1.54, 1.807) is 0 Å². The summed E-state index contributed by atoms with van der Waals surface area (Å²) >= 11 is 0. The Morgan fingerprint density at radius 2 is 1.63 bits per heavy atom. The lowest BCUT2D eigenvalue weighted by Crippen LogP contribution is -2.87. The van der Waals surface area contributed by atoms with Crippen LogP contribution in [0.3, 0.4) is 0 Å². The van der Waals surface area contributed by atoms with E-state index in [9.17, 15) is 14.4 Å². The minimum atomic E-state index is -0.377. The first-order valence-electron chi connectivity index (χ1n) is 7.18. The zero-order chi connectivity index (χ0) is 13.0. The van der Waals surface area contributed by atoms with Crippen molar-refractivity contribution >= 4 is 17.8 Å². The summed E-state index contributed by atoms with van der Waals surface area (Å²) in [6, 6.07) is 0. The van der Waals surface area contributed by atoms with Crippen LogP contribution in [0.1, 0.15) is 38.5 Å². The minimum absolute atomic E-state index is 0.165. The predicted octanol–water partition coefficient (Wildman–Crippen LogP) is 1.03. The maximum atomic E-state index is 12.4. The van der Waals surface area contributed by atoms with Crippen molar-refractivity contribution in [3.8, 4) is 0 Å². The van der Waals surface area contributed by atoms with Gasteiger partial charge in [0.1, 0.15) is 0 Å². The molecule has 1 heterocycles. The van der Waals surface area contributed by atoms with E-state index in [1.165, 1.54) is 12.8 Å². The molecule has 100 valence electrons. The highest BCUT2D eigenvalue weighted by molar-refractivity contribution is 6.02. The Balaban J connectivity index is 1.39. The molecule has 1 saturated heterocycles. The maximum Gasteiger partial charge on any atom is 0.339 e. The molecule has 1 aliphatic heterocycles. The molecule has 5 nitrogen and oxygen atoms in total. The molecule has 5 fully saturated rings. The summed E-state index contributed by atoms with van der Waals surface area (Å²) < 4.78 is 0. The molecule has 5 heteroatoms. The smallest absolute Gasteiger partial charge is 0.330 e. The summed E-state index contributed by atoms with van der Waals surface area (Å²) in [5.74, 6) is 1.07. The number of carbonyl (C=O) groups is 3. The van der Waals surface area contributed by atoms with Gasteiger partial charge in [-0.3, -0.25) is 9.59 Å². The summed E-state index contributed by atoms with van der Waals surface area (Å²) in [4.78, 5) is 40.6. The van der Waals surface area contributed by atoms with Gasteiger partial charge in [-0.15, -0.1) is 5.06 Å². The zero-order valence-electron chi connectivity index (χ0n) is 10.6. The Morgan fingerprint density at radius 3 is 2.11 bits per heavy atom. The van der Waals surface area contributed by atoms with E-state index >= 15 is 0 Å². The Hall–Kier alpha value is -1.39. The molecule has 0 N–H and O–H groups in total. The van der Waals surface area contributed by atoms with E-state index < -0.39 is 0 Å². The molecule has 1 spiro atoms. The van der Waals surface area contributed by atoms with Crippen LogP contribution in [0.15, 0.2) is 0 Å². The predicted molar refractivity (Wildman–Crippen MR) is 61.0 cm³/mol. The molecule has 5 rings (SSSR count). The molecule has 19 heavy (non-hydrogen) atoms. The Morgan fingerprint density at radius 1 is 1.05 bits per heavy atom. The van der Waals surface area contributed by atoms with Crippen LogP contribution in [0.25, 0.3) is 0 Å². The second-order valence-electron chi connectivity index (χ2n) is 6.95. The summed E-state index contributed by atoms with van der Waals surface area (Å²) in [5, 5.41) is 0.709. The third kappa shape index (κ3) is 0.799. The number of hydrogen-bond donors (Lipinski definition) is 0. The third-order valence-electron chi connectivity index (χ3n) is 6.75. The lowest BCUT2D eigenvalue weighted by Gasteiger charge is -2.89. The highest BCUT2D eigenvalue weighted by atomic mass is 16.7. The number of hydrogen-bond acceptors (Lipinski definition) is 4. The highest BCUT2D eigenvalue weighted by Gasteiger charge is 2.90. The third-order valence-corrected chi connectivity index (χ3v) is 6.75. The van der Waals surface area contributed by atoms with Crippen molar-refractivity contribution in [1.82, 2.24) is 5.06 Å². The largest absolute Gasteiger partial charge is 0.339 e. The van der Waals surface area contributed by atoms with Crippen molar-refractivity contribution < 1.29 is 19.2 Å². The van der Waals surface area contributed by atoms with Crippen molar-refractivity contribution in [2.45, 2.75) is 38.5 Å².